The number of ketones is 1. The molecule has 4 rings (SSSR count). The number of hydrogen-bond donors (Lipinski definition) is 1. The third kappa shape index (κ3) is 8.46. The van der Waals surface area contributed by atoms with Crippen molar-refractivity contribution < 1.29 is 30.0 Å². The van der Waals surface area contributed by atoms with Crippen molar-refractivity contribution in [2.24, 2.45) is 11.8 Å². The van der Waals surface area contributed by atoms with Crippen LogP contribution in [0.15, 0.2) is 54.4 Å². The van der Waals surface area contributed by atoms with Gasteiger partial charge in [0.05, 0.1) is 5.76 Å². The maximum absolute atomic E-state index is 11.7. The van der Waals surface area contributed by atoms with Gasteiger partial charge in [-0.05, 0) is 59.5 Å². The number of carbonyl (C=O) groups is 1. The topological polar surface area (TPSA) is 50.2 Å². The second-order valence-electron chi connectivity index (χ2n) is 14.5. The fraction of sp³-hybridized carbons (Fsp3) is 0.538. The normalized spacial score (nSPS) is 15.6. The maximum atomic E-state index is 11.7. The van der Waals surface area contributed by atoms with Crippen LogP contribution in [0.2, 0.25) is 0 Å². The van der Waals surface area contributed by atoms with Crippen LogP contribution in [0.3, 0.4) is 0 Å². The Kier molecular flexibility index (Phi) is 12.6. The molecule has 0 saturated carbocycles. The van der Waals surface area contributed by atoms with Gasteiger partial charge in [0.2, 0.25) is 0 Å². The second kappa shape index (κ2) is 14.7. The number of pyridine rings is 1. The largest absolute Gasteiger partial charge is 0.512 e. The van der Waals surface area contributed by atoms with E-state index in [9.17, 15) is 9.90 Å². The molecule has 0 bridgehead atoms. The van der Waals surface area contributed by atoms with E-state index in [1.54, 1.807) is 0 Å². The molecular weight excluding hydrogens is 707 g/mol. The van der Waals surface area contributed by atoms with Gasteiger partial charge in [-0.3, -0.25) is 9.78 Å². The minimum Gasteiger partial charge on any atom is -0.512 e. The summed E-state index contributed by atoms with van der Waals surface area (Å²) >= 11 is 0. The Morgan fingerprint density at radius 1 is 0.930 bits per heavy atom. The van der Waals surface area contributed by atoms with Gasteiger partial charge in [0.1, 0.15) is 0 Å². The fourth-order valence-corrected chi connectivity index (χ4v) is 6.77. The molecule has 0 saturated heterocycles. The molecule has 1 aliphatic carbocycles. The van der Waals surface area contributed by atoms with E-state index in [4.69, 9.17) is 4.98 Å². The third-order valence-electron chi connectivity index (χ3n) is 9.19. The third-order valence-corrected chi connectivity index (χ3v) is 9.19. The number of allylic oxidation sites excluding steroid dienone is 2. The van der Waals surface area contributed by atoms with Crippen LogP contribution < -0.4 is 0 Å². The Hall–Kier alpha value is -2.29. The smallest absolute Gasteiger partial charge is 0.162 e. The van der Waals surface area contributed by atoms with Crippen molar-refractivity contribution in [3.63, 3.8) is 0 Å². The summed E-state index contributed by atoms with van der Waals surface area (Å²) in [6, 6.07) is 16.8. The molecule has 0 atom stereocenters. The van der Waals surface area contributed by atoms with E-state index in [0.29, 0.717) is 0 Å². The zero-order valence-corrected chi connectivity index (χ0v) is 30.8. The maximum Gasteiger partial charge on any atom is 0.162 e. The first-order valence-corrected chi connectivity index (χ1v) is 16.0. The van der Waals surface area contributed by atoms with Crippen LogP contribution in [0.25, 0.3) is 22.0 Å². The number of aliphatic hydroxyl groups is 1. The molecule has 2 aromatic carbocycles. The van der Waals surface area contributed by atoms with Crippen LogP contribution in [0.4, 0.5) is 0 Å². The Morgan fingerprint density at radius 3 is 2.05 bits per heavy atom. The van der Waals surface area contributed by atoms with E-state index in [0.717, 1.165) is 43.4 Å². The summed E-state index contributed by atoms with van der Waals surface area (Å²) in [6.07, 6.45) is 8.18. The quantitative estimate of drug-likeness (QED) is 0.141. The number of benzene rings is 2. The molecule has 237 valence electrons. The number of hydrogen-bond acceptors (Lipinski definition) is 3. The van der Waals surface area contributed by atoms with Gasteiger partial charge in [-0.2, -0.15) is 0 Å². The van der Waals surface area contributed by atoms with Crippen LogP contribution >= 0.6 is 0 Å². The van der Waals surface area contributed by atoms with Gasteiger partial charge < -0.3 is 5.11 Å². The summed E-state index contributed by atoms with van der Waals surface area (Å²) in [5.74, 6) is 0.547. The molecule has 3 aromatic rings. The van der Waals surface area contributed by atoms with Gasteiger partial charge in [0, 0.05) is 49.9 Å². The molecule has 4 heteroatoms. The summed E-state index contributed by atoms with van der Waals surface area (Å²) < 4.78 is 0. The van der Waals surface area contributed by atoms with E-state index >= 15 is 0 Å². The minimum atomic E-state index is 0. The summed E-state index contributed by atoms with van der Waals surface area (Å²) in [5.41, 5.74) is 6.77. The molecule has 0 amide bonds. The average molecular weight is 761 g/mol. The summed E-state index contributed by atoms with van der Waals surface area (Å²) in [7, 11) is 0. The number of carbonyl (C=O) groups excluding carboxylic acids is 1. The standard InChI is InChI=1S/C26H30N.C13H24O2.Ir/c1-24(2,3)20-13-18(12-17-10-8-9-11-19(17)20)23-14-21-22(15-27-23)26(6,7)16-25(21,4)5;1-5-10(6-2)12(14)9-13(15)11(7-3)8-4;/h8-11,13-15H,16H2,1-7H3;9-11,14H,5-8H2,1-4H3;/q-1;;/b;12-9-;. The molecule has 1 aliphatic rings. The average Bonchev–Trinajstić information content (AvgIpc) is 3.11. The Labute approximate surface area is 275 Å². The van der Waals surface area contributed by atoms with Gasteiger partial charge >= 0.3 is 0 Å². The van der Waals surface area contributed by atoms with Crippen molar-refractivity contribution in [3.05, 3.63) is 77.2 Å². The molecule has 3 nitrogen and oxygen atoms in total. The molecule has 43 heavy (non-hydrogen) atoms. The van der Waals surface area contributed by atoms with E-state index in [1.807, 2.05) is 27.7 Å². The van der Waals surface area contributed by atoms with Crippen LogP contribution in [-0.2, 0) is 41.1 Å². The van der Waals surface area contributed by atoms with Crippen molar-refractivity contribution in [1.82, 2.24) is 4.98 Å². The van der Waals surface area contributed by atoms with Crippen LogP contribution in [-0.4, -0.2) is 15.9 Å². The second-order valence-corrected chi connectivity index (χ2v) is 14.5. The molecule has 1 N–H and O–H groups in total. The summed E-state index contributed by atoms with van der Waals surface area (Å²) in [5, 5.41) is 12.2. The zero-order valence-electron chi connectivity index (χ0n) is 28.4. The van der Waals surface area contributed by atoms with Gasteiger partial charge in [-0.1, -0.05) is 111 Å². The van der Waals surface area contributed by atoms with E-state index in [-0.39, 0.29) is 59.7 Å². The van der Waals surface area contributed by atoms with Gasteiger partial charge in [-0.25, -0.2) is 0 Å². The first-order valence-electron chi connectivity index (χ1n) is 16.0. The van der Waals surface area contributed by atoms with Gasteiger partial charge in [-0.15, -0.1) is 29.1 Å². The van der Waals surface area contributed by atoms with E-state index in [1.165, 1.54) is 33.5 Å². The monoisotopic (exact) mass is 761 g/mol. The summed E-state index contributed by atoms with van der Waals surface area (Å²) in [4.78, 5) is 16.6. The van der Waals surface area contributed by atoms with Gasteiger partial charge in [0.25, 0.3) is 0 Å². The zero-order chi connectivity index (χ0) is 31.5. The number of aromatic nitrogens is 1. The van der Waals surface area contributed by atoms with Gasteiger partial charge in [0.15, 0.2) is 5.78 Å². The molecule has 0 fully saturated rings. The van der Waals surface area contributed by atoms with E-state index < -0.39 is 0 Å². The summed E-state index contributed by atoms with van der Waals surface area (Å²) in [6.45, 7) is 24.3. The molecular formula is C39H54IrNO2-. The van der Waals surface area contributed by atoms with E-state index in [2.05, 4.69) is 97.1 Å². The molecule has 1 heterocycles. The van der Waals surface area contributed by atoms with Crippen molar-refractivity contribution in [1.29, 1.82) is 0 Å². The Balaban J connectivity index is 0.000000348. The van der Waals surface area contributed by atoms with Crippen molar-refractivity contribution in [3.8, 4) is 11.3 Å². The molecule has 0 unspecified atom stereocenters. The fourth-order valence-electron chi connectivity index (χ4n) is 6.77. The van der Waals surface area contributed by atoms with Crippen LogP contribution in [0, 0.1) is 17.9 Å². The number of rotatable bonds is 8. The SMILES string of the molecule is CC(C)(C)c1cc(-c2cc3c(cn2)C(C)(C)CC3(C)C)[c-]c2ccccc12.CCC(CC)C(=O)/C=C(\O)C(CC)CC.[Ir]. The minimum absolute atomic E-state index is 0. The Morgan fingerprint density at radius 2 is 1.49 bits per heavy atom. The van der Waals surface area contributed by atoms with Crippen LogP contribution in [0.1, 0.15) is 125 Å². The number of fused-ring (bicyclic) bond motifs is 2. The predicted octanol–water partition coefficient (Wildman–Crippen LogP) is 10.8. The molecule has 1 aromatic heterocycles. The van der Waals surface area contributed by atoms with Crippen molar-refractivity contribution in [2.75, 3.05) is 0 Å². The van der Waals surface area contributed by atoms with Crippen LogP contribution in [0.5, 0.6) is 0 Å². The first-order chi connectivity index (χ1) is 19.6. The predicted molar refractivity (Wildman–Crippen MR) is 179 cm³/mol. The van der Waals surface area contributed by atoms with Crippen molar-refractivity contribution >= 4 is 16.6 Å². The van der Waals surface area contributed by atoms with Crippen molar-refractivity contribution in [2.45, 2.75) is 125 Å². The number of nitrogens with zero attached hydrogens (tertiary/aromatic N) is 1. The molecule has 0 aliphatic heterocycles. The molecule has 1 radical (unpaired) electrons. The molecule has 0 spiro atoms. The first kappa shape index (κ1) is 36.9. The number of aliphatic hydroxyl groups excluding tert-OH is 1. The Bertz CT molecular complexity index is 1420.